The van der Waals surface area contributed by atoms with Crippen molar-refractivity contribution in [1.29, 1.82) is 5.26 Å². The van der Waals surface area contributed by atoms with Gasteiger partial charge in [-0.3, -0.25) is 0 Å². The van der Waals surface area contributed by atoms with Crippen LogP contribution in [0.25, 0.3) is 0 Å². The average Bonchev–Trinajstić information content (AvgIpc) is 2.37. The van der Waals surface area contributed by atoms with Crippen LogP contribution in [0.2, 0.25) is 6.82 Å². The number of nitrogens with zero attached hydrogens (tertiary/aromatic N) is 1. The highest BCUT2D eigenvalue weighted by atomic mass is 16.5. The third kappa shape index (κ3) is 3.13. The topological polar surface area (TPSA) is 50.1 Å². The molecular formula is C14H17BNO2. The molecule has 1 aromatic rings. The maximum atomic E-state index is 11.6. The summed E-state index contributed by atoms with van der Waals surface area (Å²) in [7, 11) is 3.37. The number of ether oxygens (including phenoxy) is 1. The van der Waals surface area contributed by atoms with Crippen molar-refractivity contribution in [3.8, 4) is 6.07 Å². The largest absolute Gasteiger partial charge is 0.465 e. The first-order valence-electron chi connectivity index (χ1n) is 5.86. The Bertz CT molecular complexity index is 489. The van der Waals surface area contributed by atoms with Gasteiger partial charge < -0.3 is 4.74 Å². The van der Waals surface area contributed by atoms with Gasteiger partial charge >= 0.3 is 5.97 Å². The molecule has 93 valence electrons. The lowest BCUT2D eigenvalue weighted by Crippen LogP contribution is -2.16. The van der Waals surface area contributed by atoms with E-state index in [1.165, 1.54) is 7.11 Å². The van der Waals surface area contributed by atoms with Crippen LogP contribution in [0, 0.1) is 11.3 Å². The third-order valence-corrected chi connectivity index (χ3v) is 2.85. The molecule has 0 unspecified atom stereocenters. The van der Waals surface area contributed by atoms with Crippen LogP contribution in [0.4, 0.5) is 0 Å². The molecule has 0 amide bonds. The Morgan fingerprint density at radius 3 is 2.61 bits per heavy atom. The molecule has 0 heterocycles. The van der Waals surface area contributed by atoms with Crippen molar-refractivity contribution in [3.05, 3.63) is 34.9 Å². The molecular weight excluding hydrogens is 225 g/mol. The molecule has 0 aliphatic rings. The first-order valence-corrected chi connectivity index (χ1v) is 5.86. The summed E-state index contributed by atoms with van der Waals surface area (Å²) in [6, 6.07) is 7.76. The molecule has 0 saturated heterocycles. The van der Waals surface area contributed by atoms with E-state index >= 15 is 0 Å². The zero-order valence-corrected chi connectivity index (χ0v) is 11.3. The van der Waals surface area contributed by atoms with Crippen LogP contribution in [0.3, 0.4) is 0 Å². The van der Waals surface area contributed by atoms with E-state index in [1.807, 2.05) is 40.1 Å². The molecule has 18 heavy (non-hydrogen) atoms. The molecule has 4 heteroatoms. The predicted octanol–water partition coefficient (Wildman–Crippen LogP) is 2.53. The van der Waals surface area contributed by atoms with Crippen molar-refractivity contribution in [1.82, 2.24) is 0 Å². The van der Waals surface area contributed by atoms with Crippen LogP contribution in [0.15, 0.2) is 18.2 Å². The fraction of sp³-hybridized carbons (Fsp3) is 0.429. The van der Waals surface area contributed by atoms with Crippen LogP contribution < -0.4 is 0 Å². The fourth-order valence-electron chi connectivity index (χ4n) is 1.71. The maximum absolute atomic E-state index is 11.6. The van der Waals surface area contributed by atoms with Crippen molar-refractivity contribution in [2.75, 3.05) is 7.11 Å². The number of benzene rings is 1. The van der Waals surface area contributed by atoms with Gasteiger partial charge in [-0.25, -0.2) is 4.79 Å². The monoisotopic (exact) mass is 242 g/mol. The highest BCUT2D eigenvalue weighted by Gasteiger charge is 2.22. The number of nitriles is 1. The lowest BCUT2D eigenvalue weighted by Gasteiger charge is -2.18. The molecule has 0 fully saturated rings. The third-order valence-electron chi connectivity index (χ3n) is 2.85. The minimum Gasteiger partial charge on any atom is -0.465 e. The second-order valence-electron chi connectivity index (χ2n) is 4.76. The summed E-state index contributed by atoms with van der Waals surface area (Å²) in [5, 5.41) is 9.18. The summed E-state index contributed by atoms with van der Waals surface area (Å²) in [5.74, 6) is -0.372. The lowest BCUT2D eigenvalue weighted by atomic mass is 9.73. The Kier molecular flexibility index (Phi) is 4.55. The number of carbonyl (C=O) groups is 1. The summed E-state index contributed by atoms with van der Waals surface area (Å²) in [5.41, 5.74) is 1.73. The molecule has 0 N–H and O–H groups in total. The quantitative estimate of drug-likeness (QED) is 0.602. The van der Waals surface area contributed by atoms with Crippen molar-refractivity contribution < 1.29 is 9.53 Å². The van der Waals surface area contributed by atoms with E-state index in [1.54, 1.807) is 6.07 Å². The second-order valence-corrected chi connectivity index (χ2v) is 4.76. The van der Waals surface area contributed by atoms with Gasteiger partial charge in [-0.1, -0.05) is 24.8 Å². The highest BCUT2D eigenvalue weighted by molar-refractivity contribution is 6.32. The van der Waals surface area contributed by atoms with Crippen molar-refractivity contribution in [2.45, 2.75) is 32.4 Å². The van der Waals surface area contributed by atoms with Gasteiger partial charge in [0.1, 0.15) is 7.28 Å². The van der Waals surface area contributed by atoms with Crippen LogP contribution >= 0.6 is 0 Å². The van der Waals surface area contributed by atoms with E-state index in [2.05, 4.69) is 6.07 Å². The predicted molar refractivity (Wildman–Crippen MR) is 71.7 cm³/mol. The van der Waals surface area contributed by atoms with Gasteiger partial charge in [-0.15, -0.1) is 0 Å². The molecule has 0 aromatic heterocycles. The molecule has 1 radical (unpaired) electrons. The maximum Gasteiger partial charge on any atom is 0.337 e. The normalized spacial score (nSPS) is 10.6. The van der Waals surface area contributed by atoms with Gasteiger partial charge in [0.05, 0.1) is 24.2 Å². The molecule has 0 aliphatic carbocycles. The zero-order valence-electron chi connectivity index (χ0n) is 11.3. The minimum absolute atomic E-state index is 0.372. The molecule has 3 nitrogen and oxygen atoms in total. The summed E-state index contributed by atoms with van der Waals surface area (Å²) in [4.78, 5) is 11.6. The van der Waals surface area contributed by atoms with E-state index in [4.69, 9.17) is 4.74 Å². The van der Waals surface area contributed by atoms with Crippen LogP contribution in [-0.2, 0) is 16.5 Å². The molecule has 0 spiro atoms. The minimum atomic E-state index is -0.619. The Hall–Kier alpha value is -1.76. The van der Waals surface area contributed by atoms with E-state index in [9.17, 15) is 10.1 Å². The van der Waals surface area contributed by atoms with Gasteiger partial charge in [-0.05, 0) is 31.5 Å². The average molecular weight is 242 g/mol. The first-order chi connectivity index (χ1) is 8.44. The molecule has 1 aromatic carbocycles. The number of hydrogen-bond acceptors (Lipinski definition) is 3. The number of esters is 1. The van der Waals surface area contributed by atoms with Gasteiger partial charge in [-0.2, -0.15) is 5.26 Å². The van der Waals surface area contributed by atoms with Crippen LogP contribution in [-0.4, -0.2) is 20.4 Å². The smallest absolute Gasteiger partial charge is 0.337 e. The zero-order chi connectivity index (χ0) is 13.8. The molecule has 0 atom stereocenters. The summed E-state index contributed by atoms with van der Waals surface area (Å²) in [6.45, 7) is 5.63. The summed E-state index contributed by atoms with van der Waals surface area (Å²) < 4.78 is 4.74. The molecule has 1 rings (SSSR count). The fourth-order valence-corrected chi connectivity index (χ4v) is 1.71. The van der Waals surface area contributed by atoms with Gasteiger partial charge in [0.2, 0.25) is 0 Å². The van der Waals surface area contributed by atoms with Crippen LogP contribution in [0.1, 0.15) is 35.3 Å². The molecule has 0 saturated carbocycles. The van der Waals surface area contributed by atoms with E-state index in [0.717, 1.165) is 17.4 Å². The second kappa shape index (κ2) is 5.73. The number of carbonyl (C=O) groups excluding carboxylic acids is 1. The van der Waals surface area contributed by atoms with Crippen molar-refractivity contribution in [3.63, 3.8) is 0 Å². The Labute approximate surface area is 109 Å². The molecule has 0 bridgehead atoms. The van der Waals surface area contributed by atoms with Gasteiger partial charge in [0.15, 0.2) is 0 Å². The van der Waals surface area contributed by atoms with Crippen molar-refractivity contribution in [2.24, 2.45) is 0 Å². The first kappa shape index (κ1) is 14.3. The highest BCUT2D eigenvalue weighted by Crippen LogP contribution is 2.25. The number of methoxy groups -OCH3 is 1. The SMILES string of the molecule is C[B]Cc1cc(C(=O)OC)cc(C(C)(C)C#N)c1. The summed E-state index contributed by atoms with van der Waals surface area (Å²) in [6.07, 6.45) is 0.763. The van der Waals surface area contributed by atoms with E-state index < -0.39 is 5.41 Å². The lowest BCUT2D eigenvalue weighted by molar-refractivity contribution is 0.0600. The van der Waals surface area contributed by atoms with Crippen molar-refractivity contribution >= 4 is 13.2 Å². The number of hydrogen-bond donors (Lipinski definition) is 0. The molecule has 0 aliphatic heterocycles. The standard InChI is InChI=1S/C14H17BNO2/c1-14(2,9-16)12-6-10(8-15-3)5-11(7-12)13(17)18-4/h5-7H,8H2,1-4H3. The summed E-state index contributed by atoms with van der Waals surface area (Å²) >= 11 is 0. The Balaban J connectivity index is 3.31. The van der Waals surface area contributed by atoms with Gasteiger partial charge in [0.25, 0.3) is 0 Å². The van der Waals surface area contributed by atoms with E-state index in [0.29, 0.717) is 5.56 Å². The Morgan fingerprint density at radius 1 is 1.44 bits per heavy atom. The van der Waals surface area contributed by atoms with Gasteiger partial charge in [0, 0.05) is 0 Å². The number of rotatable bonds is 4. The van der Waals surface area contributed by atoms with E-state index in [-0.39, 0.29) is 5.97 Å². The van der Waals surface area contributed by atoms with Crippen LogP contribution in [0.5, 0.6) is 0 Å². The Morgan fingerprint density at radius 2 is 2.11 bits per heavy atom.